The van der Waals surface area contributed by atoms with Gasteiger partial charge in [-0.15, -0.1) is 0 Å². The van der Waals surface area contributed by atoms with Crippen LogP contribution in [0.15, 0.2) is 24.3 Å². The van der Waals surface area contributed by atoms with Gasteiger partial charge in [-0.3, -0.25) is 0 Å². The molecule has 2 fully saturated rings. The van der Waals surface area contributed by atoms with Gasteiger partial charge in [0.15, 0.2) is 0 Å². The number of rotatable bonds is 4. The van der Waals surface area contributed by atoms with Crippen LogP contribution in [0.3, 0.4) is 0 Å². The van der Waals surface area contributed by atoms with Crippen molar-refractivity contribution < 1.29 is 14.6 Å². The van der Waals surface area contributed by atoms with E-state index in [1.807, 2.05) is 18.2 Å². The van der Waals surface area contributed by atoms with E-state index in [-0.39, 0.29) is 12.1 Å². The Bertz CT molecular complexity index is 473. The Morgan fingerprint density at radius 2 is 2.00 bits per heavy atom. The lowest BCUT2D eigenvalue weighted by Crippen LogP contribution is -2.54. The topological polar surface area (TPSA) is 50.7 Å². The first-order valence-corrected chi connectivity index (χ1v) is 8.47. The zero-order valence-electron chi connectivity index (χ0n) is 13.3. The van der Waals surface area contributed by atoms with E-state index in [9.17, 15) is 5.11 Å². The first-order valence-electron chi connectivity index (χ1n) is 8.47. The Kier molecular flexibility index (Phi) is 5.34. The molecule has 1 saturated carbocycles. The van der Waals surface area contributed by atoms with Gasteiger partial charge in [-0.2, -0.15) is 0 Å². The number of benzene rings is 1. The van der Waals surface area contributed by atoms with E-state index in [0.29, 0.717) is 6.04 Å². The molecule has 2 N–H and O–H groups in total. The van der Waals surface area contributed by atoms with Gasteiger partial charge in [0.05, 0.1) is 0 Å². The van der Waals surface area contributed by atoms with Crippen molar-refractivity contribution >= 4 is 0 Å². The summed E-state index contributed by atoms with van der Waals surface area (Å²) in [5.74, 6) is 0.857. The maximum atomic E-state index is 10.7. The highest BCUT2D eigenvalue weighted by Gasteiger charge is 2.34. The number of nitrogens with one attached hydrogen (secondary N) is 1. The van der Waals surface area contributed by atoms with E-state index in [0.717, 1.165) is 51.1 Å². The van der Waals surface area contributed by atoms with Gasteiger partial charge < -0.3 is 19.9 Å². The molecule has 0 bridgehead atoms. The van der Waals surface area contributed by atoms with Crippen molar-refractivity contribution in [1.29, 1.82) is 0 Å². The summed E-state index contributed by atoms with van der Waals surface area (Å²) in [6.07, 6.45) is 4.53. The molecule has 4 nitrogen and oxygen atoms in total. The fourth-order valence-electron chi connectivity index (χ4n) is 3.48. The van der Waals surface area contributed by atoms with Crippen LogP contribution in [0.25, 0.3) is 0 Å². The summed E-state index contributed by atoms with van der Waals surface area (Å²) in [6.45, 7) is 3.70. The van der Waals surface area contributed by atoms with Gasteiger partial charge in [0, 0.05) is 25.3 Å². The molecular weight excluding hydrogens is 278 g/mol. The van der Waals surface area contributed by atoms with Crippen LogP contribution in [0.5, 0.6) is 5.75 Å². The maximum Gasteiger partial charge on any atom is 0.126 e. The Labute approximate surface area is 132 Å². The molecule has 22 heavy (non-hydrogen) atoms. The van der Waals surface area contributed by atoms with Crippen LogP contribution >= 0.6 is 0 Å². The predicted octanol–water partition coefficient (Wildman–Crippen LogP) is 2.42. The van der Waals surface area contributed by atoms with E-state index < -0.39 is 6.10 Å². The smallest absolute Gasteiger partial charge is 0.126 e. The molecule has 3 rings (SSSR count). The lowest BCUT2D eigenvalue weighted by atomic mass is 9.88. The summed E-state index contributed by atoms with van der Waals surface area (Å²) in [5, 5.41) is 14.3. The number of ether oxygens (including phenoxy) is 2. The Morgan fingerprint density at radius 3 is 2.77 bits per heavy atom. The van der Waals surface area contributed by atoms with Crippen molar-refractivity contribution in [1.82, 2.24) is 5.32 Å². The third-order valence-corrected chi connectivity index (χ3v) is 4.75. The Morgan fingerprint density at radius 1 is 1.18 bits per heavy atom. The minimum absolute atomic E-state index is 0.118. The lowest BCUT2D eigenvalue weighted by Gasteiger charge is -2.38. The molecule has 1 saturated heterocycles. The molecule has 1 heterocycles. The molecule has 0 spiro atoms. The SMILES string of the molecule is Cc1cccc(O[C@@H]2CCC[C@H](NC3CCOCC3)[C@H]2O)c1. The standard InChI is InChI=1S/C18H27NO3/c1-13-4-2-5-15(12-13)22-17-7-3-6-16(18(17)20)19-14-8-10-21-11-9-14/h2,4-5,12,14,16-20H,3,6-11H2,1H3/t16-,17+,18+/m0/s1. The van der Waals surface area contributed by atoms with Crippen molar-refractivity contribution in [3.05, 3.63) is 29.8 Å². The molecule has 0 unspecified atom stereocenters. The molecule has 1 aliphatic heterocycles. The Hall–Kier alpha value is -1.10. The second-order valence-electron chi connectivity index (χ2n) is 6.55. The molecular formula is C18H27NO3. The molecule has 1 aromatic rings. The highest BCUT2D eigenvalue weighted by atomic mass is 16.5. The van der Waals surface area contributed by atoms with E-state index in [1.165, 1.54) is 5.56 Å². The van der Waals surface area contributed by atoms with Crippen LogP contribution < -0.4 is 10.1 Å². The second kappa shape index (κ2) is 7.44. The van der Waals surface area contributed by atoms with Crippen molar-refractivity contribution in [2.75, 3.05) is 13.2 Å². The van der Waals surface area contributed by atoms with Gasteiger partial charge >= 0.3 is 0 Å². The molecule has 0 aromatic heterocycles. The van der Waals surface area contributed by atoms with Crippen molar-refractivity contribution in [3.63, 3.8) is 0 Å². The van der Waals surface area contributed by atoms with Crippen molar-refractivity contribution in [2.45, 2.75) is 63.3 Å². The summed E-state index contributed by atoms with van der Waals surface area (Å²) in [4.78, 5) is 0. The van der Waals surface area contributed by atoms with Gasteiger partial charge in [-0.25, -0.2) is 0 Å². The number of aliphatic hydroxyl groups is 1. The van der Waals surface area contributed by atoms with E-state index in [1.54, 1.807) is 0 Å². The highest BCUT2D eigenvalue weighted by Crippen LogP contribution is 2.26. The van der Waals surface area contributed by atoms with E-state index in [2.05, 4.69) is 18.3 Å². The van der Waals surface area contributed by atoms with E-state index >= 15 is 0 Å². The minimum Gasteiger partial charge on any atom is -0.488 e. The molecule has 122 valence electrons. The number of hydrogen-bond acceptors (Lipinski definition) is 4. The first kappa shape index (κ1) is 15.8. The molecule has 1 aromatic carbocycles. The van der Waals surface area contributed by atoms with Gasteiger partial charge in [0.25, 0.3) is 0 Å². The van der Waals surface area contributed by atoms with Crippen LogP contribution in [0, 0.1) is 6.92 Å². The highest BCUT2D eigenvalue weighted by molar-refractivity contribution is 5.27. The quantitative estimate of drug-likeness (QED) is 0.897. The van der Waals surface area contributed by atoms with Crippen molar-refractivity contribution in [2.24, 2.45) is 0 Å². The molecule has 0 amide bonds. The van der Waals surface area contributed by atoms with E-state index in [4.69, 9.17) is 9.47 Å². The van der Waals surface area contributed by atoms with Gasteiger partial charge in [0.2, 0.25) is 0 Å². The van der Waals surface area contributed by atoms with Crippen LogP contribution in [0.1, 0.15) is 37.7 Å². The summed E-state index contributed by atoms with van der Waals surface area (Å²) >= 11 is 0. The third-order valence-electron chi connectivity index (χ3n) is 4.75. The molecule has 2 aliphatic rings. The summed E-state index contributed by atoms with van der Waals surface area (Å²) in [5.41, 5.74) is 1.18. The summed E-state index contributed by atoms with van der Waals surface area (Å²) in [6, 6.07) is 8.65. The zero-order chi connectivity index (χ0) is 15.4. The zero-order valence-corrected chi connectivity index (χ0v) is 13.3. The van der Waals surface area contributed by atoms with Crippen LogP contribution in [-0.4, -0.2) is 42.6 Å². The number of aryl methyl sites for hydroxylation is 1. The Balaban J connectivity index is 1.58. The first-order chi connectivity index (χ1) is 10.7. The monoisotopic (exact) mass is 305 g/mol. The fourth-order valence-corrected chi connectivity index (χ4v) is 3.48. The molecule has 3 atom stereocenters. The lowest BCUT2D eigenvalue weighted by molar-refractivity contribution is -0.0232. The van der Waals surface area contributed by atoms with Gasteiger partial charge in [-0.1, -0.05) is 12.1 Å². The number of hydrogen-bond donors (Lipinski definition) is 2. The molecule has 4 heteroatoms. The third kappa shape index (κ3) is 4.00. The average molecular weight is 305 g/mol. The average Bonchev–Trinajstić information content (AvgIpc) is 2.52. The van der Waals surface area contributed by atoms with Crippen LogP contribution in [-0.2, 0) is 4.74 Å². The fraction of sp³-hybridized carbons (Fsp3) is 0.667. The van der Waals surface area contributed by atoms with Gasteiger partial charge in [-0.05, 0) is 56.7 Å². The number of aliphatic hydroxyl groups excluding tert-OH is 1. The van der Waals surface area contributed by atoms with Gasteiger partial charge in [0.1, 0.15) is 18.0 Å². The maximum absolute atomic E-state index is 10.7. The summed E-state index contributed by atoms with van der Waals surface area (Å²) in [7, 11) is 0. The molecule has 0 radical (unpaired) electrons. The normalized spacial score (nSPS) is 30.2. The second-order valence-corrected chi connectivity index (χ2v) is 6.55. The van der Waals surface area contributed by atoms with Crippen LogP contribution in [0.4, 0.5) is 0 Å². The van der Waals surface area contributed by atoms with Crippen molar-refractivity contribution in [3.8, 4) is 5.75 Å². The van der Waals surface area contributed by atoms with Crippen LogP contribution in [0.2, 0.25) is 0 Å². The largest absolute Gasteiger partial charge is 0.488 e. The molecule has 1 aliphatic carbocycles. The summed E-state index contributed by atoms with van der Waals surface area (Å²) < 4.78 is 11.5. The predicted molar refractivity (Wildman–Crippen MR) is 86.2 cm³/mol. The minimum atomic E-state index is -0.447.